The van der Waals surface area contributed by atoms with Crippen molar-refractivity contribution in [2.75, 3.05) is 27.2 Å². The van der Waals surface area contributed by atoms with Crippen molar-refractivity contribution in [3.8, 4) is 0 Å². The predicted octanol–water partition coefficient (Wildman–Crippen LogP) is 0.825. The van der Waals surface area contributed by atoms with E-state index in [-0.39, 0.29) is 5.91 Å². The lowest BCUT2D eigenvalue weighted by Gasteiger charge is -2.15. The van der Waals surface area contributed by atoms with Crippen LogP contribution in [0.15, 0.2) is 10.9 Å². The first-order chi connectivity index (χ1) is 6.75. The Morgan fingerprint density at radius 1 is 1.71 bits per heavy atom. The zero-order chi connectivity index (χ0) is 10.4. The number of amides is 1. The molecule has 4 nitrogen and oxygen atoms in total. The van der Waals surface area contributed by atoms with Gasteiger partial charge in [0.25, 0.3) is 5.91 Å². The highest BCUT2D eigenvalue weighted by Gasteiger charge is 2.12. The van der Waals surface area contributed by atoms with Crippen molar-refractivity contribution in [3.05, 3.63) is 16.6 Å². The lowest BCUT2D eigenvalue weighted by molar-refractivity contribution is 0.0789. The van der Waals surface area contributed by atoms with Crippen LogP contribution in [0.3, 0.4) is 0 Å². The minimum atomic E-state index is 0.00218. The summed E-state index contributed by atoms with van der Waals surface area (Å²) in [5.74, 6) is 0.00218. The molecule has 0 spiro atoms. The van der Waals surface area contributed by atoms with E-state index in [9.17, 15) is 4.79 Å². The highest BCUT2D eigenvalue weighted by atomic mass is 32.1. The molecule has 1 amide bonds. The third-order valence-corrected chi connectivity index (χ3v) is 2.50. The Hall–Kier alpha value is -0.940. The van der Waals surface area contributed by atoms with Crippen molar-refractivity contribution in [2.45, 2.75) is 6.42 Å². The second-order valence-electron chi connectivity index (χ2n) is 3.06. The molecule has 1 aromatic rings. The number of hydrogen-bond donors (Lipinski definition) is 1. The standard InChI is InChI=1S/C9H15N3OS/c1-10-4-3-5-12(2)9(13)8-6-14-7-11-8/h6-7,10H,3-5H2,1-2H3. The van der Waals surface area contributed by atoms with Crippen LogP contribution in [0.25, 0.3) is 0 Å². The Labute approximate surface area is 88.0 Å². The maximum absolute atomic E-state index is 11.6. The SMILES string of the molecule is CNCCCN(C)C(=O)c1cscn1. The molecule has 0 saturated carbocycles. The van der Waals surface area contributed by atoms with Crippen LogP contribution in [-0.4, -0.2) is 43.0 Å². The molecule has 0 radical (unpaired) electrons. The number of carbonyl (C=O) groups excluding carboxylic acids is 1. The van der Waals surface area contributed by atoms with Gasteiger partial charge in [0.1, 0.15) is 5.69 Å². The van der Waals surface area contributed by atoms with E-state index in [1.54, 1.807) is 22.8 Å². The summed E-state index contributed by atoms with van der Waals surface area (Å²) >= 11 is 1.44. The smallest absolute Gasteiger partial charge is 0.273 e. The average molecular weight is 213 g/mol. The molecule has 0 aliphatic rings. The lowest BCUT2D eigenvalue weighted by Crippen LogP contribution is -2.29. The molecule has 1 heterocycles. The molecule has 1 aromatic heterocycles. The third kappa shape index (κ3) is 3.08. The van der Waals surface area contributed by atoms with Crippen molar-refractivity contribution in [1.29, 1.82) is 0 Å². The van der Waals surface area contributed by atoms with Crippen LogP contribution in [0.5, 0.6) is 0 Å². The molecule has 1 N–H and O–H groups in total. The van der Waals surface area contributed by atoms with Crippen LogP contribution < -0.4 is 5.32 Å². The molecule has 0 aliphatic heterocycles. The summed E-state index contributed by atoms with van der Waals surface area (Å²) in [6.45, 7) is 1.69. The monoisotopic (exact) mass is 213 g/mol. The third-order valence-electron chi connectivity index (χ3n) is 1.92. The van der Waals surface area contributed by atoms with Gasteiger partial charge in [-0.25, -0.2) is 4.98 Å². The van der Waals surface area contributed by atoms with E-state index in [0.29, 0.717) is 5.69 Å². The van der Waals surface area contributed by atoms with Gasteiger partial charge in [0.15, 0.2) is 0 Å². The summed E-state index contributed by atoms with van der Waals surface area (Å²) < 4.78 is 0. The summed E-state index contributed by atoms with van der Waals surface area (Å²) in [6.07, 6.45) is 0.961. The number of nitrogens with zero attached hydrogens (tertiary/aromatic N) is 2. The van der Waals surface area contributed by atoms with Crippen molar-refractivity contribution in [3.63, 3.8) is 0 Å². The van der Waals surface area contributed by atoms with Gasteiger partial charge in [-0.1, -0.05) is 0 Å². The molecule has 5 heteroatoms. The highest BCUT2D eigenvalue weighted by molar-refractivity contribution is 7.07. The molecule has 1 rings (SSSR count). The number of aromatic nitrogens is 1. The van der Waals surface area contributed by atoms with Gasteiger partial charge in [-0.2, -0.15) is 0 Å². The van der Waals surface area contributed by atoms with Crippen LogP contribution in [-0.2, 0) is 0 Å². The molecule has 0 bridgehead atoms. The normalized spacial score (nSPS) is 10.1. The van der Waals surface area contributed by atoms with E-state index >= 15 is 0 Å². The van der Waals surface area contributed by atoms with Gasteiger partial charge in [-0.15, -0.1) is 11.3 Å². The molecule has 0 atom stereocenters. The van der Waals surface area contributed by atoms with Crippen LogP contribution in [0.1, 0.15) is 16.9 Å². The molecule has 14 heavy (non-hydrogen) atoms. The molecule has 0 unspecified atom stereocenters. The first-order valence-corrected chi connectivity index (χ1v) is 5.48. The second-order valence-corrected chi connectivity index (χ2v) is 3.78. The maximum Gasteiger partial charge on any atom is 0.273 e. The summed E-state index contributed by atoms with van der Waals surface area (Å²) in [4.78, 5) is 17.3. The quantitative estimate of drug-likeness (QED) is 0.737. The first-order valence-electron chi connectivity index (χ1n) is 4.54. The zero-order valence-electron chi connectivity index (χ0n) is 8.49. The van der Waals surface area contributed by atoms with Gasteiger partial charge in [0, 0.05) is 19.0 Å². The minimum Gasteiger partial charge on any atom is -0.340 e. The van der Waals surface area contributed by atoms with E-state index in [1.807, 2.05) is 7.05 Å². The number of carbonyl (C=O) groups is 1. The highest BCUT2D eigenvalue weighted by Crippen LogP contribution is 2.04. The van der Waals surface area contributed by atoms with Gasteiger partial charge in [-0.3, -0.25) is 4.79 Å². The Kier molecular flexibility index (Phi) is 4.55. The van der Waals surface area contributed by atoms with Crippen molar-refractivity contribution in [1.82, 2.24) is 15.2 Å². The van der Waals surface area contributed by atoms with E-state index in [4.69, 9.17) is 0 Å². The Morgan fingerprint density at radius 2 is 2.50 bits per heavy atom. The van der Waals surface area contributed by atoms with Crippen molar-refractivity contribution in [2.24, 2.45) is 0 Å². The van der Waals surface area contributed by atoms with E-state index in [1.165, 1.54) is 11.3 Å². The van der Waals surface area contributed by atoms with E-state index in [0.717, 1.165) is 19.5 Å². The molecular formula is C9H15N3OS. The first kappa shape index (κ1) is 11.1. The summed E-state index contributed by atoms with van der Waals surface area (Å²) in [5.41, 5.74) is 2.22. The van der Waals surface area contributed by atoms with Crippen LogP contribution in [0, 0.1) is 0 Å². The molecule has 0 fully saturated rings. The Bertz CT molecular complexity index is 274. The van der Waals surface area contributed by atoms with E-state index < -0.39 is 0 Å². The average Bonchev–Trinajstić information content (AvgIpc) is 2.69. The number of rotatable bonds is 5. The fourth-order valence-corrected chi connectivity index (χ4v) is 1.63. The van der Waals surface area contributed by atoms with Gasteiger partial charge in [-0.05, 0) is 20.0 Å². The summed E-state index contributed by atoms with van der Waals surface area (Å²) in [7, 11) is 3.71. The van der Waals surface area contributed by atoms with Crippen LogP contribution >= 0.6 is 11.3 Å². The van der Waals surface area contributed by atoms with Crippen LogP contribution in [0.4, 0.5) is 0 Å². The number of nitrogens with one attached hydrogen (secondary N) is 1. The minimum absolute atomic E-state index is 0.00218. The Morgan fingerprint density at radius 3 is 3.07 bits per heavy atom. The largest absolute Gasteiger partial charge is 0.340 e. The summed E-state index contributed by atoms with van der Waals surface area (Å²) in [6, 6.07) is 0. The lowest BCUT2D eigenvalue weighted by atomic mass is 10.3. The van der Waals surface area contributed by atoms with Crippen molar-refractivity contribution >= 4 is 17.2 Å². The summed E-state index contributed by atoms with van der Waals surface area (Å²) in [5, 5.41) is 4.82. The molecule has 0 saturated heterocycles. The van der Waals surface area contributed by atoms with Gasteiger partial charge in [0.05, 0.1) is 5.51 Å². The fourth-order valence-electron chi connectivity index (χ4n) is 1.11. The van der Waals surface area contributed by atoms with Crippen LogP contribution in [0.2, 0.25) is 0 Å². The molecule has 78 valence electrons. The van der Waals surface area contributed by atoms with Crippen molar-refractivity contribution < 1.29 is 4.79 Å². The fraction of sp³-hybridized carbons (Fsp3) is 0.556. The number of thiazole rings is 1. The maximum atomic E-state index is 11.6. The topological polar surface area (TPSA) is 45.2 Å². The van der Waals surface area contributed by atoms with Gasteiger partial charge in [0.2, 0.25) is 0 Å². The van der Waals surface area contributed by atoms with Gasteiger partial charge < -0.3 is 10.2 Å². The zero-order valence-corrected chi connectivity index (χ0v) is 9.30. The second kappa shape index (κ2) is 5.72. The number of hydrogen-bond acceptors (Lipinski definition) is 4. The Balaban J connectivity index is 2.37. The van der Waals surface area contributed by atoms with E-state index in [2.05, 4.69) is 10.3 Å². The molecular weight excluding hydrogens is 198 g/mol. The van der Waals surface area contributed by atoms with Gasteiger partial charge >= 0.3 is 0 Å². The molecule has 0 aromatic carbocycles. The molecule has 0 aliphatic carbocycles. The predicted molar refractivity (Wildman–Crippen MR) is 57.6 cm³/mol.